The van der Waals surface area contributed by atoms with Crippen molar-refractivity contribution in [2.45, 2.75) is 32.7 Å². The Kier molecular flexibility index (Phi) is 10.1. The summed E-state index contributed by atoms with van der Waals surface area (Å²) in [6.45, 7) is 2.27. The zero-order valence-electron chi connectivity index (χ0n) is 20.0. The molecule has 0 aliphatic carbocycles. The first-order valence-electron chi connectivity index (χ1n) is 11.5. The van der Waals surface area contributed by atoms with Crippen LogP contribution in [-0.2, 0) is 17.7 Å². The molecule has 37 heavy (non-hydrogen) atoms. The number of tetrazole rings is 1. The number of rotatable bonds is 9. The molecule has 0 spiro atoms. The Bertz CT molecular complexity index is 1470. The van der Waals surface area contributed by atoms with E-state index in [1.807, 2.05) is 30.3 Å². The van der Waals surface area contributed by atoms with E-state index in [9.17, 15) is 14.4 Å². The van der Waals surface area contributed by atoms with Gasteiger partial charge >= 0.3 is 57.4 Å². The van der Waals surface area contributed by atoms with Gasteiger partial charge in [0.2, 0.25) is 5.91 Å². The van der Waals surface area contributed by atoms with E-state index in [4.69, 9.17) is 10.5 Å². The van der Waals surface area contributed by atoms with E-state index in [1.165, 1.54) is 13.2 Å². The maximum atomic E-state index is 13.0. The number of aromatic nitrogens is 5. The average molecular weight is 527 g/mol. The number of nitrogens with two attached hydrogens (primary N) is 1. The fraction of sp³-hybridized carbons (Fsp3) is 0.231. The third-order valence-electron chi connectivity index (χ3n) is 5.93. The number of methoxy groups -OCH3 is 1. The van der Waals surface area contributed by atoms with E-state index < -0.39 is 11.9 Å². The average Bonchev–Trinajstić information content (AvgIpc) is 3.43. The Labute approximate surface area is 256 Å². The summed E-state index contributed by atoms with van der Waals surface area (Å²) in [6, 6.07) is 15.7. The number of H-pyrrole nitrogens is 1. The first-order chi connectivity index (χ1) is 17.4. The van der Waals surface area contributed by atoms with Crippen LogP contribution in [-0.4, -0.2) is 95.6 Å². The van der Waals surface area contributed by atoms with Gasteiger partial charge in [-0.05, 0) is 52.1 Å². The summed E-state index contributed by atoms with van der Waals surface area (Å²) in [4.78, 5) is 37.5. The van der Waals surface area contributed by atoms with Gasteiger partial charge in [0.25, 0.3) is 5.56 Å². The normalized spacial score (nSPS) is 10.5. The molecule has 0 radical (unpaired) electrons. The van der Waals surface area contributed by atoms with Gasteiger partial charge in [0.05, 0.1) is 19.2 Å². The van der Waals surface area contributed by atoms with Gasteiger partial charge in [0.1, 0.15) is 0 Å². The summed E-state index contributed by atoms with van der Waals surface area (Å²) in [5.41, 5.74) is 9.49. The second kappa shape index (κ2) is 13.0. The number of carbonyl (C=O) groups is 2. The van der Waals surface area contributed by atoms with E-state index in [2.05, 4.69) is 27.5 Å². The van der Waals surface area contributed by atoms with Crippen LogP contribution in [0.5, 0.6) is 0 Å². The molecule has 0 saturated carbocycles. The van der Waals surface area contributed by atoms with Crippen LogP contribution in [0, 0.1) is 0 Å². The number of amides is 1. The maximum absolute atomic E-state index is 13.0. The number of aromatic amines is 1. The van der Waals surface area contributed by atoms with Crippen molar-refractivity contribution in [1.82, 2.24) is 25.2 Å². The molecular weight excluding hydrogens is 499 g/mol. The number of nitrogens with zero attached hydrogens (tertiary/aromatic N) is 4. The molecule has 0 atom stereocenters. The number of nitrogens with one attached hydrogen (secondary N) is 1. The van der Waals surface area contributed by atoms with Crippen LogP contribution in [0.15, 0.2) is 59.4 Å². The van der Waals surface area contributed by atoms with Crippen LogP contribution < -0.4 is 11.3 Å². The second-order valence-corrected chi connectivity index (χ2v) is 8.29. The van der Waals surface area contributed by atoms with Crippen molar-refractivity contribution in [3.63, 3.8) is 0 Å². The summed E-state index contributed by atoms with van der Waals surface area (Å²) in [5.74, 6) is -0.696. The summed E-state index contributed by atoms with van der Waals surface area (Å²) in [6.07, 6.45) is 2.40. The van der Waals surface area contributed by atoms with Crippen molar-refractivity contribution < 1.29 is 14.3 Å². The van der Waals surface area contributed by atoms with Gasteiger partial charge in [0.15, 0.2) is 5.82 Å². The zero-order chi connectivity index (χ0) is 25.7. The molecule has 0 saturated heterocycles. The summed E-state index contributed by atoms with van der Waals surface area (Å²) < 4.78 is 6.40. The fourth-order valence-corrected chi connectivity index (χ4v) is 4.14. The topological polar surface area (TPSA) is 146 Å². The van der Waals surface area contributed by atoms with Crippen LogP contribution in [0.1, 0.15) is 51.7 Å². The van der Waals surface area contributed by atoms with Gasteiger partial charge in [-0.1, -0.05) is 49.7 Å². The molecule has 0 unspecified atom stereocenters. The molecule has 0 aliphatic heterocycles. The molecule has 11 heteroatoms. The van der Waals surface area contributed by atoms with Crippen LogP contribution in [0.3, 0.4) is 0 Å². The Morgan fingerprint density at radius 3 is 2.46 bits per heavy atom. The van der Waals surface area contributed by atoms with Crippen molar-refractivity contribution in [2.24, 2.45) is 5.73 Å². The van der Waals surface area contributed by atoms with Crippen LogP contribution >= 0.6 is 0 Å². The van der Waals surface area contributed by atoms with E-state index in [0.29, 0.717) is 28.9 Å². The SMILES string of the molecule is CCCCc1cc(C(=O)OC)cc(=O)n1Cc1ccc(-c2ccccc2-c2nnn[nH]2)c(C(N)=O)c1.[KH]. The minimum absolute atomic E-state index is 0. The van der Waals surface area contributed by atoms with E-state index >= 15 is 0 Å². The summed E-state index contributed by atoms with van der Waals surface area (Å²) in [7, 11) is 1.28. The molecule has 0 fully saturated rings. The Morgan fingerprint density at radius 2 is 1.81 bits per heavy atom. The fourth-order valence-electron chi connectivity index (χ4n) is 4.14. The van der Waals surface area contributed by atoms with Crippen molar-refractivity contribution in [2.75, 3.05) is 7.11 Å². The third kappa shape index (κ3) is 6.49. The van der Waals surface area contributed by atoms with Gasteiger partial charge < -0.3 is 15.0 Å². The van der Waals surface area contributed by atoms with E-state index in [1.54, 1.807) is 22.8 Å². The molecule has 186 valence electrons. The molecule has 2 aromatic carbocycles. The van der Waals surface area contributed by atoms with Gasteiger partial charge in [-0.3, -0.25) is 9.59 Å². The molecule has 1 amide bonds. The molecule has 4 rings (SSSR count). The molecular formula is C26H27KN6O4. The van der Waals surface area contributed by atoms with Gasteiger partial charge in [-0.25, -0.2) is 9.89 Å². The van der Waals surface area contributed by atoms with Gasteiger partial charge in [-0.2, -0.15) is 0 Å². The number of unbranched alkanes of at least 4 members (excludes halogenated alkanes) is 1. The Morgan fingerprint density at radius 1 is 1.05 bits per heavy atom. The van der Waals surface area contributed by atoms with E-state index in [0.717, 1.165) is 29.7 Å². The van der Waals surface area contributed by atoms with Gasteiger partial charge in [0, 0.05) is 22.9 Å². The summed E-state index contributed by atoms with van der Waals surface area (Å²) in [5, 5.41) is 14.0. The molecule has 4 aromatic rings. The number of benzene rings is 2. The second-order valence-electron chi connectivity index (χ2n) is 8.29. The molecule has 10 nitrogen and oxygen atoms in total. The van der Waals surface area contributed by atoms with Crippen LogP contribution in [0.4, 0.5) is 0 Å². The first kappa shape index (κ1) is 28.6. The number of ether oxygens (including phenoxy) is 1. The minimum atomic E-state index is -0.600. The van der Waals surface area contributed by atoms with Crippen LogP contribution in [0.25, 0.3) is 22.5 Å². The molecule has 0 bridgehead atoms. The number of primary amides is 1. The van der Waals surface area contributed by atoms with Gasteiger partial charge in [-0.15, -0.1) is 5.10 Å². The van der Waals surface area contributed by atoms with E-state index in [-0.39, 0.29) is 69.1 Å². The Balaban J connectivity index is 0.00000380. The standard InChI is InChI=1S/C26H26N6O4.K.H/c1-3-4-7-18-13-17(26(35)36-2)14-23(33)32(18)15-16-10-11-20(22(12-16)24(27)34)19-8-5-6-9-21(19)25-28-30-31-29-25;;/h5-6,8-14H,3-4,7,15H2,1-2H3,(H2,27,34)(H,28,29,30,31);;. The number of hydrogen-bond donors (Lipinski definition) is 2. The van der Waals surface area contributed by atoms with Crippen molar-refractivity contribution >= 4 is 63.3 Å². The number of hydrogen-bond acceptors (Lipinski definition) is 7. The van der Waals surface area contributed by atoms with Crippen molar-refractivity contribution in [1.29, 1.82) is 0 Å². The molecule has 2 aromatic heterocycles. The molecule has 2 heterocycles. The number of aryl methyl sites for hydroxylation is 1. The zero-order valence-corrected chi connectivity index (χ0v) is 20.0. The van der Waals surface area contributed by atoms with Crippen molar-refractivity contribution in [3.05, 3.63) is 87.3 Å². The quantitative estimate of drug-likeness (QED) is 0.251. The summed E-state index contributed by atoms with van der Waals surface area (Å²) >= 11 is 0. The number of carbonyl (C=O) groups excluding carboxylic acids is 2. The first-order valence-corrected chi connectivity index (χ1v) is 11.5. The number of esters is 1. The monoisotopic (exact) mass is 526 g/mol. The predicted octanol–water partition coefficient (Wildman–Crippen LogP) is 2.32. The molecule has 0 aliphatic rings. The Hall–Kier alpha value is -2.96. The number of pyridine rings is 1. The molecule has 3 N–H and O–H groups in total. The third-order valence-corrected chi connectivity index (χ3v) is 5.93. The van der Waals surface area contributed by atoms with Crippen molar-refractivity contribution in [3.8, 4) is 22.5 Å². The van der Waals surface area contributed by atoms with Crippen LogP contribution in [0.2, 0.25) is 0 Å². The predicted molar refractivity (Wildman–Crippen MR) is 140 cm³/mol.